The van der Waals surface area contributed by atoms with E-state index < -0.39 is 11.6 Å². The zero-order chi connectivity index (χ0) is 12.3. The molecule has 0 aliphatic carbocycles. The van der Waals surface area contributed by atoms with Gasteiger partial charge in [-0.25, -0.2) is 13.2 Å². The first-order valence-corrected chi connectivity index (χ1v) is 4.90. The maximum Gasteiger partial charge on any atom is 0.134 e. The zero-order valence-electron chi connectivity index (χ0n) is 8.70. The molecule has 4 heteroatoms. The Morgan fingerprint density at radius 3 is 2.00 bits per heavy atom. The van der Waals surface area contributed by atoms with Crippen LogP contribution < -0.4 is 0 Å². The van der Waals surface area contributed by atoms with Crippen LogP contribution in [-0.2, 0) is 0 Å². The molecule has 1 nitrogen and oxygen atoms in total. The van der Waals surface area contributed by atoms with E-state index in [0.29, 0.717) is 5.69 Å². The second-order valence-electron chi connectivity index (χ2n) is 3.37. The van der Waals surface area contributed by atoms with Crippen LogP contribution in [0.25, 0.3) is 0 Å². The van der Waals surface area contributed by atoms with Crippen LogP contribution in [0.2, 0.25) is 0 Å². The summed E-state index contributed by atoms with van der Waals surface area (Å²) < 4.78 is 39.1. The van der Waals surface area contributed by atoms with Crippen molar-refractivity contribution in [3.8, 4) is 0 Å². The van der Waals surface area contributed by atoms with Gasteiger partial charge in [-0.3, -0.25) is 4.99 Å². The Bertz CT molecular complexity index is 527. The standard InChI is InChI=1S/C13H8F3N/c14-9-4-6-10(7-5-9)17-8-11-12(15)2-1-3-13(11)16/h1-8H/b17-8+. The second-order valence-corrected chi connectivity index (χ2v) is 3.37. The highest BCUT2D eigenvalue weighted by Gasteiger charge is 2.04. The normalized spacial score (nSPS) is 11.0. The Balaban J connectivity index is 2.29. The highest BCUT2D eigenvalue weighted by atomic mass is 19.1. The highest BCUT2D eigenvalue weighted by Crippen LogP contribution is 2.14. The van der Waals surface area contributed by atoms with Gasteiger partial charge in [-0.15, -0.1) is 0 Å². The van der Waals surface area contributed by atoms with E-state index in [2.05, 4.69) is 4.99 Å². The number of benzene rings is 2. The third-order valence-corrected chi connectivity index (χ3v) is 2.17. The van der Waals surface area contributed by atoms with E-state index in [1.807, 2.05) is 0 Å². The van der Waals surface area contributed by atoms with Crippen molar-refractivity contribution in [1.29, 1.82) is 0 Å². The summed E-state index contributed by atoms with van der Waals surface area (Å²) in [4.78, 5) is 3.87. The molecular formula is C13H8F3N. The van der Waals surface area contributed by atoms with Crippen molar-refractivity contribution in [1.82, 2.24) is 0 Å². The molecule has 0 radical (unpaired) electrons. The summed E-state index contributed by atoms with van der Waals surface area (Å²) >= 11 is 0. The summed E-state index contributed by atoms with van der Waals surface area (Å²) in [6.45, 7) is 0. The van der Waals surface area contributed by atoms with Gasteiger partial charge in [0.2, 0.25) is 0 Å². The molecule has 0 spiro atoms. The van der Waals surface area contributed by atoms with Crippen molar-refractivity contribution >= 4 is 11.9 Å². The van der Waals surface area contributed by atoms with E-state index in [4.69, 9.17) is 0 Å². The number of rotatable bonds is 2. The molecule has 2 aromatic carbocycles. The molecule has 0 aromatic heterocycles. The molecule has 0 atom stereocenters. The van der Waals surface area contributed by atoms with Crippen LogP contribution in [0.4, 0.5) is 18.9 Å². The molecule has 17 heavy (non-hydrogen) atoms. The smallest absolute Gasteiger partial charge is 0.134 e. The van der Waals surface area contributed by atoms with Crippen molar-refractivity contribution in [3.63, 3.8) is 0 Å². The molecular weight excluding hydrogens is 227 g/mol. The Hall–Kier alpha value is -2.10. The lowest BCUT2D eigenvalue weighted by Gasteiger charge is -1.98. The van der Waals surface area contributed by atoms with E-state index in [-0.39, 0.29) is 11.4 Å². The van der Waals surface area contributed by atoms with Gasteiger partial charge in [0.1, 0.15) is 17.5 Å². The highest BCUT2D eigenvalue weighted by molar-refractivity contribution is 5.82. The Morgan fingerprint density at radius 2 is 1.41 bits per heavy atom. The number of nitrogens with zero attached hydrogens (tertiary/aromatic N) is 1. The van der Waals surface area contributed by atoms with Crippen LogP contribution in [0, 0.1) is 17.5 Å². The maximum atomic E-state index is 13.2. The van der Waals surface area contributed by atoms with Gasteiger partial charge >= 0.3 is 0 Å². The lowest BCUT2D eigenvalue weighted by Crippen LogP contribution is -1.92. The van der Waals surface area contributed by atoms with Crippen LogP contribution in [-0.4, -0.2) is 6.21 Å². The topological polar surface area (TPSA) is 12.4 Å². The minimum atomic E-state index is -0.684. The summed E-state index contributed by atoms with van der Waals surface area (Å²) in [7, 11) is 0. The molecule has 0 unspecified atom stereocenters. The maximum absolute atomic E-state index is 13.2. The van der Waals surface area contributed by atoms with Gasteiger partial charge in [-0.1, -0.05) is 6.07 Å². The fourth-order valence-electron chi connectivity index (χ4n) is 1.30. The summed E-state index contributed by atoms with van der Waals surface area (Å²) in [5.74, 6) is -1.76. The van der Waals surface area contributed by atoms with Crippen molar-refractivity contribution in [3.05, 3.63) is 65.5 Å². The predicted molar refractivity (Wildman–Crippen MR) is 60.0 cm³/mol. The average molecular weight is 235 g/mol. The minimum Gasteiger partial charge on any atom is -0.256 e. The molecule has 0 aliphatic rings. The van der Waals surface area contributed by atoms with E-state index in [9.17, 15) is 13.2 Å². The van der Waals surface area contributed by atoms with Crippen LogP contribution >= 0.6 is 0 Å². The van der Waals surface area contributed by atoms with Gasteiger partial charge in [0.15, 0.2) is 0 Å². The Morgan fingerprint density at radius 1 is 0.824 bits per heavy atom. The number of halogens is 3. The van der Waals surface area contributed by atoms with Gasteiger partial charge in [0.25, 0.3) is 0 Å². The third kappa shape index (κ3) is 2.72. The van der Waals surface area contributed by atoms with Crippen LogP contribution in [0.15, 0.2) is 47.5 Å². The molecule has 2 rings (SSSR count). The van der Waals surface area contributed by atoms with Crippen molar-refractivity contribution in [2.24, 2.45) is 4.99 Å². The van der Waals surface area contributed by atoms with Gasteiger partial charge < -0.3 is 0 Å². The van der Waals surface area contributed by atoms with Crippen LogP contribution in [0.3, 0.4) is 0 Å². The molecule has 0 aliphatic heterocycles. The van der Waals surface area contributed by atoms with Crippen molar-refractivity contribution in [2.45, 2.75) is 0 Å². The summed E-state index contributed by atoms with van der Waals surface area (Å²) in [5.41, 5.74) is 0.214. The lowest BCUT2D eigenvalue weighted by atomic mass is 10.2. The molecule has 0 N–H and O–H groups in total. The first-order valence-electron chi connectivity index (χ1n) is 4.90. The fourth-order valence-corrected chi connectivity index (χ4v) is 1.30. The molecule has 0 saturated heterocycles. The second kappa shape index (κ2) is 4.82. The number of hydrogen-bond acceptors (Lipinski definition) is 1. The van der Waals surface area contributed by atoms with Gasteiger partial charge in [0, 0.05) is 6.21 Å². The third-order valence-electron chi connectivity index (χ3n) is 2.17. The summed E-state index contributed by atoms with van der Waals surface area (Å²) in [6.07, 6.45) is 1.08. The monoisotopic (exact) mass is 235 g/mol. The van der Waals surface area contributed by atoms with E-state index in [0.717, 1.165) is 18.3 Å². The fraction of sp³-hybridized carbons (Fsp3) is 0. The molecule has 86 valence electrons. The predicted octanol–water partition coefficient (Wildman–Crippen LogP) is 3.85. The van der Waals surface area contributed by atoms with Crippen molar-refractivity contribution in [2.75, 3.05) is 0 Å². The zero-order valence-corrected chi connectivity index (χ0v) is 8.70. The largest absolute Gasteiger partial charge is 0.256 e. The molecule has 0 heterocycles. The molecule has 2 aromatic rings. The number of aliphatic imine (C=N–C) groups is 1. The van der Waals surface area contributed by atoms with Gasteiger partial charge in [-0.05, 0) is 36.4 Å². The quantitative estimate of drug-likeness (QED) is 0.701. The van der Waals surface area contributed by atoms with E-state index >= 15 is 0 Å². The first-order chi connectivity index (χ1) is 8.16. The average Bonchev–Trinajstić information content (AvgIpc) is 2.31. The Labute approximate surface area is 96.2 Å². The SMILES string of the molecule is Fc1ccc(/N=C/c2c(F)cccc2F)cc1. The Kier molecular flexibility index (Phi) is 3.23. The molecule has 0 fully saturated rings. The van der Waals surface area contributed by atoms with Gasteiger partial charge in [-0.2, -0.15) is 0 Å². The first kappa shape index (κ1) is 11.4. The minimum absolute atomic E-state index is 0.211. The van der Waals surface area contributed by atoms with Gasteiger partial charge in [0.05, 0.1) is 11.3 Å². The van der Waals surface area contributed by atoms with Crippen LogP contribution in [0.1, 0.15) is 5.56 Å². The number of hydrogen-bond donors (Lipinski definition) is 0. The molecule has 0 amide bonds. The van der Waals surface area contributed by atoms with E-state index in [1.54, 1.807) is 0 Å². The van der Waals surface area contributed by atoms with Crippen LogP contribution in [0.5, 0.6) is 0 Å². The summed E-state index contributed by atoms with van der Waals surface area (Å²) in [6, 6.07) is 8.87. The van der Waals surface area contributed by atoms with E-state index in [1.165, 1.54) is 30.3 Å². The molecule has 0 saturated carbocycles. The molecule has 0 bridgehead atoms. The van der Waals surface area contributed by atoms with Crippen molar-refractivity contribution < 1.29 is 13.2 Å². The lowest BCUT2D eigenvalue weighted by molar-refractivity contribution is 0.580. The summed E-state index contributed by atoms with van der Waals surface area (Å²) in [5, 5.41) is 0.